The molecule has 0 aromatic heterocycles. The standard InChI is InChI=1S/C12H18FNO3S/c1-16-4-5-17-7-10(15)8-18-12-3-2-9(14)6-11(12)13/h2-3,6,10,15H,4-5,7-8,14H2,1H3. The smallest absolute Gasteiger partial charge is 0.138 e. The van der Waals surface area contributed by atoms with E-state index in [0.29, 0.717) is 29.5 Å². The number of ether oxygens (including phenoxy) is 2. The number of methoxy groups -OCH3 is 1. The van der Waals surface area contributed by atoms with Gasteiger partial charge in [-0.25, -0.2) is 4.39 Å². The molecule has 0 radical (unpaired) electrons. The van der Waals surface area contributed by atoms with Gasteiger partial charge in [0.1, 0.15) is 5.82 Å². The lowest BCUT2D eigenvalue weighted by Crippen LogP contribution is -2.19. The zero-order valence-electron chi connectivity index (χ0n) is 10.3. The van der Waals surface area contributed by atoms with Crippen LogP contribution in [0, 0.1) is 5.82 Å². The summed E-state index contributed by atoms with van der Waals surface area (Å²) in [5.41, 5.74) is 5.84. The molecule has 0 aliphatic carbocycles. The summed E-state index contributed by atoms with van der Waals surface area (Å²) in [7, 11) is 1.58. The van der Waals surface area contributed by atoms with Crippen LogP contribution in [0.2, 0.25) is 0 Å². The molecule has 0 bridgehead atoms. The van der Waals surface area contributed by atoms with Crippen molar-refractivity contribution in [1.29, 1.82) is 0 Å². The Bertz CT molecular complexity index is 365. The number of hydrogen-bond acceptors (Lipinski definition) is 5. The number of nitrogens with two attached hydrogens (primary N) is 1. The third-order valence-electron chi connectivity index (χ3n) is 2.13. The van der Waals surface area contributed by atoms with Gasteiger partial charge < -0.3 is 20.3 Å². The SMILES string of the molecule is COCCOCC(O)CSc1ccc(N)cc1F. The molecule has 0 amide bonds. The molecule has 0 saturated heterocycles. The van der Waals surface area contributed by atoms with Crippen molar-refractivity contribution < 1.29 is 19.0 Å². The molecule has 1 unspecified atom stereocenters. The third kappa shape index (κ3) is 5.68. The van der Waals surface area contributed by atoms with Crippen LogP contribution in [0.3, 0.4) is 0 Å². The van der Waals surface area contributed by atoms with Gasteiger partial charge in [0.25, 0.3) is 0 Å². The molecular formula is C12H18FNO3S. The van der Waals surface area contributed by atoms with E-state index in [4.69, 9.17) is 15.2 Å². The maximum atomic E-state index is 13.4. The average molecular weight is 275 g/mol. The fourth-order valence-corrected chi connectivity index (χ4v) is 2.06. The van der Waals surface area contributed by atoms with Crippen LogP contribution in [-0.2, 0) is 9.47 Å². The van der Waals surface area contributed by atoms with E-state index >= 15 is 0 Å². The number of anilines is 1. The minimum atomic E-state index is -0.635. The first-order valence-electron chi connectivity index (χ1n) is 5.56. The van der Waals surface area contributed by atoms with Crippen molar-refractivity contribution in [1.82, 2.24) is 0 Å². The summed E-state index contributed by atoms with van der Waals surface area (Å²) in [5, 5.41) is 9.62. The molecule has 0 aliphatic heterocycles. The van der Waals surface area contributed by atoms with Gasteiger partial charge in [-0.05, 0) is 18.2 Å². The second-order valence-electron chi connectivity index (χ2n) is 3.72. The molecule has 1 aromatic rings. The molecule has 102 valence electrons. The molecule has 0 aliphatic rings. The van der Waals surface area contributed by atoms with E-state index < -0.39 is 6.10 Å². The Hall–Kier alpha value is -0.820. The van der Waals surface area contributed by atoms with Gasteiger partial charge in [-0.1, -0.05) is 0 Å². The van der Waals surface area contributed by atoms with Gasteiger partial charge in [-0.15, -0.1) is 11.8 Å². The Morgan fingerprint density at radius 1 is 1.44 bits per heavy atom. The Morgan fingerprint density at radius 3 is 2.89 bits per heavy atom. The molecule has 4 nitrogen and oxygen atoms in total. The van der Waals surface area contributed by atoms with Crippen molar-refractivity contribution >= 4 is 17.4 Å². The summed E-state index contributed by atoms with van der Waals surface area (Å²) in [6.45, 7) is 1.15. The first kappa shape index (κ1) is 15.2. The lowest BCUT2D eigenvalue weighted by Gasteiger charge is -2.11. The first-order chi connectivity index (χ1) is 8.63. The van der Waals surface area contributed by atoms with Crippen molar-refractivity contribution in [2.75, 3.05) is 38.4 Å². The van der Waals surface area contributed by atoms with E-state index in [9.17, 15) is 9.50 Å². The first-order valence-corrected chi connectivity index (χ1v) is 6.54. The number of nitrogen functional groups attached to an aromatic ring is 1. The Labute approximate surface area is 110 Å². The van der Waals surface area contributed by atoms with Gasteiger partial charge in [0, 0.05) is 23.4 Å². The molecule has 0 saturated carbocycles. The predicted octanol–water partition coefficient (Wildman–Crippen LogP) is 1.52. The average Bonchev–Trinajstić information content (AvgIpc) is 2.33. The molecule has 1 aromatic carbocycles. The normalized spacial score (nSPS) is 12.6. The summed E-state index contributed by atoms with van der Waals surface area (Å²) < 4.78 is 23.4. The molecule has 1 rings (SSSR count). The number of rotatable bonds is 8. The van der Waals surface area contributed by atoms with Crippen molar-refractivity contribution in [3.8, 4) is 0 Å². The Balaban J connectivity index is 2.27. The van der Waals surface area contributed by atoms with Crippen molar-refractivity contribution in [3.63, 3.8) is 0 Å². The number of hydrogen-bond donors (Lipinski definition) is 2. The lowest BCUT2D eigenvalue weighted by atomic mass is 10.3. The summed E-state index contributed by atoms with van der Waals surface area (Å²) >= 11 is 1.24. The molecule has 0 fully saturated rings. The topological polar surface area (TPSA) is 64.7 Å². The van der Waals surface area contributed by atoms with Crippen LogP contribution in [0.15, 0.2) is 23.1 Å². The van der Waals surface area contributed by atoms with Crippen LogP contribution in [0.1, 0.15) is 0 Å². The minimum Gasteiger partial charge on any atom is -0.399 e. The highest BCUT2D eigenvalue weighted by atomic mass is 32.2. The fraction of sp³-hybridized carbons (Fsp3) is 0.500. The summed E-state index contributed by atoms with van der Waals surface area (Å²) in [6.07, 6.45) is -0.635. The highest BCUT2D eigenvalue weighted by molar-refractivity contribution is 7.99. The van der Waals surface area contributed by atoms with Crippen LogP contribution >= 0.6 is 11.8 Å². The van der Waals surface area contributed by atoms with Crippen LogP contribution in [0.5, 0.6) is 0 Å². The van der Waals surface area contributed by atoms with Crippen LogP contribution in [0.25, 0.3) is 0 Å². The summed E-state index contributed by atoms with van der Waals surface area (Å²) in [4.78, 5) is 0.472. The maximum Gasteiger partial charge on any atom is 0.138 e. The zero-order valence-corrected chi connectivity index (χ0v) is 11.1. The summed E-state index contributed by atoms with van der Waals surface area (Å²) in [6, 6.07) is 4.50. The monoisotopic (exact) mass is 275 g/mol. The molecule has 0 spiro atoms. The number of benzene rings is 1. The molecule has 18 heavy (non-hydrogen) atoms. The largest absolute Gasteiger partial charge is 0.399 e. The van der Waals surface area contributed by atoms with Crippen LogP contribution in [0.4, 0.5) is 10.1 Å². The van der Waals surface area contributed by atoms with Gasteiger partial charge in [-0.2, -0.15) is 0 Å². The Kier molecular flexibility index (Phi) is 7.04. The summed E-state index contributed by atoms with van der Waals surface area (Å²) in [5.74, 6) is 0.000815. The quantitative estimate of drug-likeness (QED) is 0.428. The van der Waals surface area contributed by atoms with Crippen molar-refractivity contribution in [2.45, 2.75) is 11.0 Å². The van der Waals surface area contributed by atoms with E-state index in [1.807, 2.05) is 0 Å². The van der Waals surface area contributed by atoms with Gasteiger partial charge in [0.2, 0.25) is 0 Å². The van der Waals surface area contributed by atoms with Crippen LogP contribution < -0.4 is 5.73 Å². The highest BCUT2D eigenvalue weighted by Gasteiger charge is 2.08. The Morgan fingerprint density at radius 2 is 2.22 bits per heavy atom. The van der Waals surface area contributed by atoms with Gasteiger partial charge in [-0.3, -0.25) is 0 Å². The molecular weight excluding hydrogens is 257 g/mol. The van der Waals surface area contributed by atoms with E-state index in [1.165, 1.54) is 17.8 Å². The molecule has 1 atom stereocenters. The second kappa shape index (κ2) is 8.31. The molecule has 0 heterocycles. The van der Waals surface area contributed by atoms with Gasteiger partial charge in [0.15, 0.2) is 0 Å². The third-order valence-corrected chi connectivity index (χ3v) is 3.32. The van der Waals surface area contributed by atoms with Crippen molar-refractivity contribution in [2.24, 2.45) is 0 Å². The highest BCUT2D eigenvalue weighted by Crippen LogP contribution is 2.24. The minimum absolute atomic E-state index is 0.215. The van der Waals surface area contributed by atoms with Gasteiger partial charge in [0.05, 0.1) is 25.9 Å². The van der Waals surface area contributed by atoms with E-state index in [-0.39, 0.29) is 12.4 Å². The maximum absolute atomic E-state index is 13.4. The lowest BCUT2D eigenvalue weighted by molar-refractivity contribution is 0.0218. The number of thioether (sulfide) groups is 1. The number of halogens is 1. The van der Waals surface area contributed by atoms with E-state index in [1.54, 1.807) is 19.2 Å². The van der Waals surface area contributed by atoms with Crippen LogP contribution in [-0.4, -0.2) is 43.9 Å². The molecule has 3 N–H and O–H groups in total. The van der Waals surface area contributed by atoms with E-state index in [2.05, 4.69) is 0 Å². The van der Waals surface area contributed by atoms with E-state index in [0.717, 1.165) is 0 Å². The zero-order chi connectivity index (χ0) is 13.4. The fourth-order valence-electron chi connectivity index (χ4n) is 1.23. The number of aliphatic hydroxyl groups excluding tert-OH is 1. The van der Waals surface area contributed by atoms with Crippen molar-refractivity contribution in [3.05, 3.63) is 24.0 Å². The second-order valence-corrected chi connectivity index (χ2v) is 4.78. The molecule has 6 heteroatoms. The van der Waals surface area contributed by atoms with Gasteiger partial charge >= 0.3 is 0 Å². The predicted molar refractivity (Wildman–Crippen MR) is 70.2 cm³/mol. The number of aliphatic hydroxyl groups is 1.